The second-order valence-electron chi connectivity index (χ2n) is 4.03. The Kier molecular flexibility index (Phi) is 3.52. The van der Waals surface area contributed by atoms with Gasteiger partial charge in [0.2, 0.25) is 0 Å². The molecule has 0 saturated carbocycles. The predicted octanol–water partition coefficient (Wildman–Crippen LogP) is 2.56. The molecule has 1 rings (SSSR count). The van der Waals surface area contributed by atoms with Crippen molar-refractivity contribution in [2.24, 2.45) is 11.1 Å². The molecule has 0 amide bonds. The van der Waals surface area contributed by atoms with E-state index in [0.717, 1.165) is 10.0 Å². The fraction of sp³-hybridized carbons (Fsp3) is 0.364. The zero-order valence-corrected chi connectivity index (χ0v) is 10.3. The van der Waals surface area contributed by atoms with Gasteiger partial charge < -0.3 is 10.8 Å². The summed E-state index contributed by atoms with van der Waals surface area (Å²) in [6.45, 7) is 3.25. The maximum absolute atomic E-state index is 11.1. The highest BCUT2D eigenvalue weighted by Crippen LogP contribution is 2.34. The molecule has 15 heavy (non-hydrogen) atoms. The van der Waals surface area contributed by atoms with Crippen LogP contribution in [0, 0.1) is 5.41 Å². The van der Waals surface area contributed by atoms with Crippen LogP contribution in [0.1, 0.15) is 25.5 Å². The van der Waals surface area contributed by atoms with Crippen LogP contribution in [0.2, 0.25) is 0 Å². The highest BCUT2D eigenvalue weighted by Gasteiger charge is 2.36. The summed E-state index contributed by atoms with van der Waals surface area (Å²) in [5.41, 5.74) is 5.79. The van der Waals surface area contributed by atoms with Gasteiger partial charge in [-0.15, -0.1) is 0 Å². The fourth-order valence-electron chi connectivity index (χ4n) is 1.25. The van der Waals surface area contributed by atoms with E-state index >= 15 is 0 Å². The zero-order valence-electron chi connectivity index (χ0n) is 8.70. The van der Waals surface area contributed by atoms with Gasteiger partial charge in [-0.2, -0.15) is 0 Å². The minimum absolute atomic E-state index is 0.537. The lowest BCUT2D eigenvalue weighted by Crippen LogP contribution is -2.36. The standard InChI is InChI=1S/C11H14BrNO2/c1-11(2,10(14)15)9(13)7-5-3-4-6-8(7)12/h3-6,9H,13H2,1-2H3,(H,14,15). The van der Waals surface area contributed by atoms with Crippen LogP contribution in [0.25, 0.3) is 0 Å². The first kappa shape index (κ1) is 12.2. The highest BCUT2D eigenvalue weighted by molar-refractivity contribution is 9.10. The maximum atomic E-state index is 11.1. The third-order valence-electron chi connectivity index (χ3n) is 2.57. The molecule has 0 aliphatic rings. The third-order valence-corrected chi connectivity index (χ3v) is 3.29. The van der Waals surface area contributed by atoms with E-state index in [1.54, 1.807) is 13.8 Å². The average Bonchev–Trinajstić information content (AvgIpc) is 2.17. The Labute approximate surface area is 97.4 Å². The first-order valence-corrected chi connectivity index (χ1v) is 5.40. The van der Waals surface area contributed by atoms with E-state index in [-0.39, 0.29) is 0 Å². The first-order valence-electron chi connectivity index (χ1n) is 4.60. The Morgan fingerprint density at radius 3 is 2.47 bits per heavy atom. The van der Waals surface area contributed by atoms with Crippen LogP contribution in [0.15, 0.2) is 28.7 Å². The summed E-state index contributed by atoms with van der Waals surface area (Å²) in [6, 6.07) is 6.86. The molecule has 0 aliphatic heterocycles. The van der Waals surface area contributed by atoms with Gasteiger partial charge in [-0.05, 0) is 25.5 Å². The van der Waals surface area contributed by atoms with Gasteiger partial charge in [0.1, 0.15) is 0 Å². The van der Waals surface area contributed by atoms with E-state index < -0.39 is 17.4 Å². The first-order chi connectivity index (χ1) is 6.87. The van der Waals surface area contributed by atoms with Gasteiger partial charge in [0.05, 0.1) is 5.41 Å². The second-order valence-corrected chi connectivity index (χ2v) is 4.88. The van der Waals surface area contributed by atoms with Gasteiger partial charge in [0.15, 0.2) is 0 Å². The lowest BCUT2D eigenvalue weighted by atomic mass is 9.81. The average molecular weight is 272 g/mol. The summed E-state index contributed by atoms with van der Waals surface area (Å²) in [6.07, 6.45) is 0. The molecule has 3 N–H and O–H groups in total. The van der Waals surface area contributed by atoms with Gasteiger partial charge in [-0.25, -0.2) is 0 Å². The van der Waals surface area contributed by atoms with Crippen LogP contribution in [0.5, 0.6) is 0 Å². The maximum Gasteiger partial charge on any atom is 0.311 e. The molecule has 82 valence electrons. The number of benzene rings is 1. The molecule has 4 heteroatoms. The van der Waals surface area contributed by atoms with Crippen LogP contribution in [0.4, 0.5) is 0 Å². The molecule has 0 radical (unpaired) electrons. The number of hydrogen-bond donors (Lipinski definition) is 2. The molecule has 1 aromatic carbocycles. The molecule has 1 atom stereocenters. The minimum Gasteiger partial charge on any atom is -0.481 e. The largest absolute Gasteiger partial charge is 0.481 e. The number of carboxylic acids is 1. The van der Waals surface area contributed by atoms with Crippen LogP contribution < -0.4 is 5.73 Å². The lowest BCUT2D eigenvalue weighted by molar-refractivity contribution is -0.148. The van der Waals surface area contributed by atoms with Gasteiger partial charge >= 0.3 is 5.97 Å². The molecular formula is C11H14BrNO2. The van der Waals surface area contributed by atoms with Crippen molar-refractivity contribution in [3.05, 3.63) is 34.3 Å². The van der Waals surface area contributed by atoms with Crippen molar-refractivity contribution < 1.29 is 9.90 Å². The number of carboxylic acid groups (broad SMARTS) is 1. The Morgan fingerprint density at radius 2 is 2.00 bits per heavy atom. The molecule has 0 aliphatic carbocycles. The SMILES string of the molecule is CC(C)(C(=O)O)C(N)c1ccccc1Br. The number of halogens is 1. The lowest BCUT2D eigenvalue weighted by Gasteiger charge is -2.28. The van der Waals surface area contributed by atoms with E-state index in [1.165, 1.54) is 0 Å². The molecule has 0 fully saturated rings. The van der Waals surface area contributed by atoms with E-state index in [2.05, 4.69) is 15.9 Å². The quantitative estimate of drug-likeness (QED) is 0.888. The third kappa shape index (κ3) is 2.38. The molecule has 0 heterocycles. The molecule has 1 unspecified atom stereocenters. The second kappa shape index (κ2) is 4.33. The summed E-state index contributed by atoms with van der Waals surface area (Å²) in [7, 11) is 0. The van der Waals surface area contributed by atoms with Crippen molar-refractivity contribution in [3.63, 3.8) is 0 Å². The summed E-state index contributed by atoms with van der Waals surface area (Å²) < 4.78 is 0.840. The molecule has 0 aromatic heterocycles. The van der Waals surface area contributed by atoms with E-state index in [1.807, 2.05) is 24.3 Å². The van der Waals surface area contributed by atoms with E-state index in [0.29, 0.717) is 0 Å². The smallest absolute Gasteiger partial charge is 0.311 e. The van der Waals surface area contributed by atoms with Gasteiger partial charge in [0, 0.05) is 10.5 Å². The topological polar surface area (TPSA) is 63.3 Å². The molecular weight excluding hydrogens is 258 g/mol. The molecule has 0 saturated heterocycles. The summed E-state index contributed by atoms with van der Waals surface area (Å²) >= 11 is 3.37. The Morgan fingerprint density at radius 1 is 1.47 bits per heavy atom. The van der Waals surface area contributed by atoms with Gasteiger partial charge in [-0.3, -0.25) is 4.79 Å². The Bertz CT molecular complexity index is 377. The van der Waals surface area contributed by atoms with Crippen LogP contribution in [-0.2, 0) is 4.79 Å². The van der Waals surface area contributed by atoms with Crippen LogP contribution in [-0.4, -0.2) is 11.1 Å². The fourth-order valence-corrected chi connectivity index (χ4v) is 1.78. The predicted molar refractivity (Wildman–Crippen MR) is 62.5 cm³/mol. The van der Waals surface area contributed by atoms with E-state index in [9.17, 15) is 4.79 Å². The number of nitrogens with two attached hydrogens (primary N) is 1. The number of aliphatic carboxylic acids is 1. The summed E-state index contributed by atoms with van der Waals surface area (Å²) in [5, 5.41) is 9.07. The van der Waals surface area contributed by atoms with Crippen molar-refractivity contribution in [1.82, 2.24) is 0 Å². The highest BCUT2D eigenvalue weighted by atomic mass is 79.9. The van der Waals surface area contributed by atoms with Crippen LogP contribution in [0.3, 0.4) is 0 Å². The van der Waals surface area contributed by atoms with Gasteiger partial charge in [0.25, 0.3) is 0 Å². The monoisotopic (exact) mass is 271 g/mol. The molecule has 0 bridgehead atoms. The summed E-state index contributed by atoms with van der Waals surface area (Å²) in [4.78, 5) is 11.1. The van der Waals surface area contributed by atoms with Crippen LogP contribution >= 0.6 is 15.9 Å². The molecule has 1 aromatic rings. The van der Waals surface area contributed by atoms with Crippen molar-refractivity contribution in [2.75, 3.05) is 0 Å². The Balaban J connectivity index is 3.10. The van der Waals surface area contributed by atoms with Crippen molar-refractivity contribution in [3.8, 4) is 0 Å². The minimum atomic E-state index is -0.982. The zero-order chi connectivity index (χ0) is 11.6. The normalized spacial score (nSPS) is 13.6. The molecule has 3 nitrogen and oxygen atoms in total. The van der Waals surface area contributed by atoms with Crippen molar-refractivity contribution >= 4 is 21.9 Å². The summed E-state index contributed by atoms with van der Waals surface area (Å²) in [5.74, 6) is -0.897. The van der Waals surface area contributed by atoms with E-state index in [4.69, 9.17) is 10.8 Å². The van der Waals surface area contributed by atoms with Crippen molar-refractivity contribution in [2.45, 2.75) is 19.9 Å². The number of carbonyl (C=O) groups is 1. The van der Waals surface area contributed by atoms with Crippen molar-refractivity contribution in [1.29, 1.82) is 0 Å². The number of hydrogen-bond acceptors (Lipinski definition) is 2. The number of rotatable bonds is 3. The Hall–Kier alpha value is -0.870. The van der Waals surface area contributed by atoms with Gasteiger partial charge in [-0.1, -0.05) is 34.1 Å². The molecule has 0 spiro atoms.